The molecule has 1 aliphatic heterocycles. The predicted molar refractivity (Wildman–Crippen MR) is 149 cm³/mol. The SMILES string of the molecule is CN1C=CN(c2[c-]c(Oc3[c-]c4c(-c5cc(C(C)(C)C)ccn5)c5ccccc5cc4s3)ccc2)[CH-]1.[Pt]. The fraction of sp³-hybridized carbons (Fsp3) is 0.161. The number of anilines is 1. The number of fused-ring (bicyclic) bond motifs is 2. The Bertz CT molecular complexity index is 1620. The molecule has 2 aromatic heterocycles. The van der Waals surface area contributed by atoms with Gasteiger partial charge in [0.25, 0.3) is 0 Å². The minimum absolute atomic E-state index is 0. The molecule has 0 aliphatic carbocycles. The average Bonchev–Trinajstić information content (AvgIpc) is 3.47. The number of ether oxygens (including phenoxy) is 1. The van der Waals surface area contributed by atoms with E-state index in [1.807, 2.05) is 60.3 Å². The van der Waals surface area contributed by atoms with Gasteiger partial charge < -0.3 is 14.5 Å². The summed E-state index contributed by atoms with van der Waals surface area (Å²) in [5.41, 5.74) is 4.26. The van der Waals surface area contributed by atoms with Gasteiger partial charge in [-0.3, -0.25) is 4.98 Å². The number of thiophene rings is 1. The summed E-state index contributed by atoms with van der Waals surface area (Å²) in [7, 11) is 2.00. The van der Waals surface area contributed by atoms with E-state index >= 15 is 0 Å². The Kier molecular flexibility index (Phi) is 6.87. The Hall–Kier alpha value is -3.14. The number of benzene rings is 3. The molecule has 0 fully saturated rings. The van der Waals surface area contributed by atoms with Gasteiger partial charge in [-0.15, -0.1) is 30.0 Å². The van der Waals surface area contributed by atoms with Crippen molar-refractivity contribution in [2.24, 2.45) is 0 Å². The molecule has 190 valence electrons. The van der Waals surface area contributed by atoms with Crippen LogP contribution in [0.25, 0.3) is 32.1 Å². The summed E-state index contributed by atoms with van der Waals surface area (Å²) in [5.74, 6) is 0.658. The minimum Gasteiger partial charge on any atom is -0.510 e. The van der Waals surface area contributed by atoms with Crippen molar-refractivity contribution in [2.45, 2.75) is 26.2 Å². The molecule has 0 radical (unpaired) electrons. The van der Waals surface area contributed by atoms with E-state index in [-0.39, 0.29) is 26.5 Å². The molecule has 37 heavy (non-hydrogen) atoms. The Morgan fingerprint density at radius 3 is 2.59 bits per heavy atom. The fourth-order valence-corrected chi connectivity index (χ4v) is 5.36. The first-order chi connectivity index (χ1) is 17.3. The largest absolute Gasteiger partial charge is 0.510 e. The molecule has 0 saturated heterocycles. The van der Waals surface area contributed by atoms with Crippen molar-refractivity contribution < 1.29 is 25.8 Å². The molecule has 5 aromatic rings. The van der Waals surface area contributed by atoms with E-state index in [2.05, 4.69) is 75.4 Å². The number of pyridine rings is 1. The Morgan fingerprint density at radius 2 is 1.81 bits per heavy atom. The standard InChI is InChI=1S/C31H26N3OS.Pt/c1-31(2,3)22-12-13-32-27(17-22)30-25-11-6-5-8-21(25)16-28-26(30)19-29(36-28)35-24-10-7-9-23(18-24)34-15-14-33(4)20-34;/h5-17,20H,1-4H3;/q-3;. The molecular weight excluding hydrogens is 658 g/mol. The summed E-state index contributed by atoms with van der Waals surface area (Å²) in [6, 6.07) is 27.8. The van der Waals surface area contributed by atoms with E-state index < -0.39 is 0 Å². The van der Waals surface area contributed by atoms with Gasteiger partial charge in [0.05, 0.1) is 0 Å². The molecule has 3 heterocycles. The van der Waals surface area contributed by atoms with Crippen molar-refractivity contribution in [1.82, 2.24) is 9.88 Å². The van der Waals surface area contributed by atoms with Gasteiger partial charge in [0.2, 0.25) is 0 Å². The number of aromatic nitrogens is 1. The van der Waals surface area contributed by atoms with Crippen molar-refractivity contribution in [1.29, 1.82) is 0 Å². The van der Waals surface area contributed by atoms with Crippen LogP contribution >= 0.6 is 11.3 Å². The van der Waals surface area contributed by atoms with Crippen molar-refractivity contribution in [3.63, 3.8) is 0 Å². The van der Waals surface area contributed by atoms with Gasteiger partial charge in [0, 0.05) is 38.7 Å². The van der Waals surface area contributed by atoms with Gasteiger partial charge in [-0.2, -0.15) is 29.5 Å². The van der Waals surface area contributed by atoms with Crippen LogP contribution in [-0.4, -0.2) is 16.9 Å². The molecule has 0 amide bonds. The monoisotopic (exact) mass is 683 g/mol. The van der Waals surface area contributed by atoms with Crippen LogP contribution in [0.4, 0.5) is 5.69 Å². The maximum Gasteiger partial charge on any atom is 0.107 e. The maximum absolute atomic E-state index is 6.29. The number of nitrogens with zero attached hydrogens (tertiary/aromatic N) is 3. The zero-order valence-corrected chi connectivity index (χ0v) is 24.1. The Morgan fingerprint density at radius 1 is 0.973 bits per heavy atom. The van der Waals surface area contributed by atoms with Gasteiger partial charge in [-0.05, 0) is 47.9 Å². The minimum atomic E-state index is 0. The van der Waals surface area contributed by atoms with Crippen LogP contribution in [0.3, 0.4) is 0 Å². The second kappa shape index (κ2) is 9.96. The number of rotatable bonds is 4. The van der Waals surface area contributed by atoms with Crippen LogP contribution in [0.1, 0.15) is 26.3 Å². The average molecular weight is 684 g/mol. The van der Waals surface area contributed by atoms with Crippen molar-refractivity contribution in [3.8, 4) is 22.1 Å². The number of hydrogen-bond donors (Lipinski definition) is 0. The van der Waals surface area contributed by atoms with Crippen LogP contribution in [0, 0.1) is 18.8 Å². The van der Waals surface area contributed by atoms with E-state index in [4.69, 9.17) is 9.72 Å². The first-order valence-corrected chi connectivity index (χ1v) is 12.7. The third kappa shape index (κ3) is 5.03. The molecule has 1 aliphatic rings. The topological polar surface area (TPSA) is 28.6 Å². The Balaban J connectivity index is 0.00000280. The molecule has 0 bridgehead atoms. The van der Waals surface area contributed by atoms with Gasteiger partial charge in [-0.1, -0.05) is 66.8 Å². The quantitative estimate of drug-likeness (QED) is 0.179. The van der Waals surface area contributed by atoms with Crippen LogP contribution in [0.15, 0.2) is 79.3 Å². The fourth-order valence-electron chi connectivity index (χ4n) is 4.44. The number of hydrogen-bond acceptors (Lipinski definition) is 5. The summed E-state index contributed by atoms with van der Waals surface area (Å²) >= 11 is 1.59. The molecule has 0 spiro atoms. The van der Waals surface area contributed by atoms with Crippen LogP contribution in [0.5, 0.6) is 10.8 Å². The molecule has 0 atom stereocenters. The third-order valence-electron chi connectivity index (χ3n) is 6.33. The summed E-state index contributed by atoms with van der Waals surface area (Å²) in [6.07, 6.45) is 5.91. The summed E-state index contributed by atoms with van der Waals surface area (Å²) in [4.78, 5) is 8.81. The molecule has 6 rings (SSSR count). The normalized spacial score (nSPS) is 13.4. The first-order valence-electron chi connectivity index (χ1n) is 11.9. The van der Waals surface area contributed by atoms with Crippen LogP contribution in [-0.2, 0) is 26.5 Å². The van der Waals surface area contributed by atoms with E-state index in [0.29, 0.717) is 10.8 Å². The third-order valence-corrected chi connectivity index (χ3v) is 7.24. The first kappa shape index (κ1) is 25.5. The maximum atomic E-state index is 6.29. The van der Waals surface area contributed by atoms with Crippen LogP contribution in [0.2, 0.25) is 0 Å². The van der Waals surface area contributed by atoms with E-state index in [9.17, 15) is 0 Å². The summed E-state index contributed by atoms with van der Waals surface area (Å²) in [6.45, 7) is 8.68. The Labute approximate surface area is 236 Å². The summed E-state index contributed by atoms with van der Waals surface area (Å²) < 4.78 is 7.42. The molecule has 6 heteroatoms. The van der Waals surface area contributed by atoms with E-state index in [0.717, 1.165) is 32.4 Å². The molecule has 0 N–H and O–H groups in total. The molecular formula is C31H26N3OPtS-3. The second-order valence-electron chi connectivity index (χ2n) is 10.0. The zero-order chi connectivity index (χ0) is 24.9. The van der Waals surface area contributed by atoms with Crippen molar-refractivity contribution >= 4 is 37.9 Å². The van der Waals surface area contributed by atoms with Gasteiger partial charge in [0.1, 0.15) is 5.06 Å². The molecule has 3 aromatic carbocycles. The smallest absolute Gasteiger partial charge is 0.107 e. The van der Waals surface area contributed by atoms with Gasteiger partial charge in [-0.25, -0.2) is 0 Å². The predicted octanol–water partition coefficient (Wildman–Crippen LogP) is 8.15. The van der Waals surface area contributed by atoms with Crippen molar-refractivity contribution in [2.75, 3.05) is 11.9 Å². The van der Waals surface area contributed by atoms with E-state index in [1.54, 1.807) is 11.3 Å². The molecule has 4 nitrogen and oxygen atoms in total. The van der Waals surface area contributed by atoms with Gasteiger partial charge >= 0.3 is 0 Å². The second-order valence-corrected chi connectivity index (χ2v) is 11.0. The van der Waals surface area contributed by atoms with Crippen LogP contribution < -0.4 is 9.64 Å². The van der Waals surface area contributed by atoms with Gasteiger partial charge in [0.15, 0.2) is 0 Å². The van der Waals surface area contributed by atoms with E-state index in [1.165, 1.54) is 10.9 Å². The molecule has 0 saturated carbocycles. The molecule has 0 unspecified atom stereocenters. The summed E-state index contributed by atoms with van der Waals surface area (Å²) in [5, 5.41) is 4.08. The zero-order valence-electron chi connectivity index (χ0n) is 21.1. The van der Waals surface area contributed by atoms with Crippen molar-refractivity contribution in [3.05, 3.63) is 104 Å².